The van der Waals surface area contributed by atoms with Crippen molar-refractivity contribution in [1.82, 2.24) is 24.4 Å². The highest BCUT2D eigenvalue weighted by Crippen LogP contribution is 2.33. The van der Waals surface area contributed by atoms with Crippen LogP contribution in [0.2, 0.25) is 0 Å². The number of halogens is 2. The number of imidazole rings is 1. The molecule has 0 radical (unpaired) electrons. The van der Waals surface area contributed by atoms with E-state index in [2.05, 4.69) is 40.9 Å². The van der Waals surface area contributed by atoms with Gasteiger partial charge in [-0.15, -0.1) is 0 Å². The molecule has 0 bridgehead atoms. The maximum absolute atomic E-state index is 14.2. The molecule has 1 aliphatic heterocycles. The maximum Gasteiger partial charge on any atom is 0.296 e. The molecule has 2 fully saturated rings. The summed E-state index contributed by atoms with van der Waals surface area (Å²) in [6.07, 6.45) is 2.75. The van der Waals surface area contributed by atoms with Crippen LogP contribution in [0.4, 0.5) is 20.5 Å². The summed E-state index contributed by atoms with van der Waals surface area (Å²) >= 11 is 0. The van der Waals surface area contributed by atoms with E-state index in [4.69, 9.17) is 19.4 Å². The molecule has 0 amide bonds. The number of hydrogen-bond donors (Lipinski definition) is 1. The van der Waals surface area contributed by atoms with E-state index in [1.165, 1.54) is 4.57 Å². The molecule has 5 rings (SSSR count). The summed E-state index contributed by atoms with van der Waals surface area (Å²) in [4.78, 5) is 18.5. The van der Waals surface area contributed by atoms with Crippen LogP contribution in [0.5, 0.6) is 0 Å². The van der Waals surface area contributed by atoms with Crippen molar-refractivity contribution in [3.8, 4) is 5.82 Å². The van der Waals surface area contributed by atoms with Crippen molar-refractivity contribution in [1.29, 1.82) is 0 Å². The second-order valence-corrected chi connectivity index (χ2v) is 11.6. The van der Waals surface area contributed by atoms with Gasteiger partial charge in [-0.05, 0) is 63.6 Å². The smallest absolute Gasteiger partial charge is 0.296 e. The minimum absolute atomic E-state index is 0.221. The molecule has 9 nitrogen and oxygen atoms in total. The molecular formula is C31H45F2N7O2. The highest BCUT2D eigenvalue weighted by atomic mass is 19.3. The zero-order valence-electron chi connectivity index (χ0n) is 25.3. The van der Waals surface area contributed by atoms with Crippen molar-refractivity contribution < 1.29 is 18.3 Å². The molecule has 0 spiro atoms. The van der Waals surface area contributed by atoms with Crippen molar-refractivity contribution in [3.63, 3.8) is 0 Å². The second kappa shape index (κ2) is 14.1. The van der Waals surface area contributed by atoms with Crippen LogP contribution in [0.15, 0.2) is 30.3 Å². The zero-order valence-corrected chi connectivity index (χ0v) is 25.3. The fraction of sp³-hybridized carbons (Fsp3) is 0.645. The van der Waals surface area contributed by atoms with E-state index in [-0.39, 0.29) is 11.9 Å². The minimum Gasteiger partial charge on any atom is -0.383 e. The summed E-state index contributed by atoms with van der Waals surface area (Å²) in [6, 6.07) is 10.2. The molecule has 1 N–H and O–H groups in total. The molecule has 1 aromatic carbocycles. The number of rotatable bonds is 15. The molecule has 1 saturated carbocycles. The third-order valence-corrected chi connectivity index (χ3v) is 8.55. The number of alkyl halides is 2. The average Bonchev–Trinajstić information content (AvgIpc) is 3.66. The SMILES string of the molecule is CCCOC[C@@H]1CN1c1cc(-n2c(C(F)F)nc3ccccc32)nc(NCC2CCC(N(CC)C(C)COC)CC2)n1. The highest BCUT2D eigenvalue weighted by Gasteiger charge is 2.36. The lowest BCUT2D eigenvalue weighted by Crippen LogP contribution is -2.45. The van der Waals surface area contributed by atoms with Crippen molar-refractivity contribution in [3.05, 3.63) is 36.2 Å². The molecule has 1 unspecified atom stereocenters. The topological polar surface area (TPSA) is 80.3 Å². The molecule has 2 aliphatic rings. The largest absolute Gasteiger partial charge is 0.383 e. The number of nitrogens with one attached hydrogen (secondary N) is 1. The monoisotopic (exact) mass is 585 g/mol. The molecule has 2 aromatic heterocycles. The lowest BCUT2D eigenvalue weighted by molar-refractivity contribution is 0.0535. The Labute approximate surface area is 247 Å². The van der Waals surface area contributed by atoms with Gasteiger partial charge in [0.2, 0.25) is 5.95 Å². The summed E-state index contributed by atoms with van der Waals surface area (Å²) in [5.41, 5.74) is 1.11. The lowest BCUT2D eigenvalue weighted by Gasteiger charge is -2.39. The number of para-hydroxylation sites is 2. The number of methoxy groups -OCH3 is 1. The summed E-state index contributed by atoms with van der Waals surface area (Å²) in [7, 11) is 1.76. The molecule has 3 heterocycles. The first-order valence-electron chi connectivity index (χ1n) is 15.4. The van der Waals surface area contributed by atoms with Crippen LogP contribution in [-0.4, -0.2) is 89.1 Å². The molecule has 11 heteroatoms. The normalized spacial score (nSPS) is 21.4. The van der Waals surface area contributed by atoms with E-state index in [1.807, 2.05) is 6.07 Å². The number of anilines is 2. The van der Waals surface area contributed by atoms with Crippen LogP contribution in [-0.2, 0) is 9.47 Å². The van der Waals surface area contributed by atoms with Gasteiger partial charge in [-0.2, -0.15) is 9.97 Å². The van der Waals surface area contributed by atoms with Crippen molar-refractivity contribution in [2.24, 2.45) is 5.92 Å². The molecule has 3 aromatic rings. The van der Waals surface area contributed by atoms with Gasteiger partial charge < -0.3 is 19.7 Å². The van der Waals surface area contributed by atoms with E-state index in [9.17, 15) is 8.78 Å². The summed E-state index contributed by atoms with van der Waals surface area (Å²) < 4.78 is 41.0. The molecule has 1 aliphatic carbocycles. The predicted molar refractivity (Wildman–Crippen MR) is 162 cm³/mol. The maximum atomic E-state index is 14.2. The fourth-order valence-corrected chi connectivity index (χ4v) is 6.34. The Bertz CT molecular complexity index is 1300. The summed E-state index contributed by atoms with van der Waals surface area (Å²) in [6.45, 7) is 11.2. The Morgan fingerprint density at radius 3 is 2.55 bits per heavy atom. The van der Waals surface area contributed by atoms with Gasteiger partial charge in [-0.25, -0.2) is 13.8 Å². The van der Waals surface area contributed by atoms with Gasteiger partial charge in [0.15, 0.2) is 5.82 Å². The lowest BCUT2D eigenvalue weighted by atomic mass is 9.85. The van der Waals surface area contributed by atoms with E-state index >= 15 is 0 Å². The number of benzene rings is 1. The number of likely N-dealkylation sites (N-methyl/N-ethyl adjacent to an activating group) is 1. The van der Waals surface area contributed by atoms with Gasteiger partial charge in [0, 0.05) is 45.0 Å². The third kappa shape index (κ3) is 7.01. The first-order valence-corrected chi connectivity index (χ1v) is 15.4. The highest BCUT2D eigenvalue weighted by molar-refractivity contribution is 5.78. The standard InChI is InChI=1S/C31H45F2N7O2/c1-5-15-42-20-24-18-39(24)27-16-28(40-26-10-8-7-9-25(26)35-30(40)29(32)33)37-31(36-27)34-17-22-11-13-23(14-12-22)38(6-2)21(3)19-41-4/h7-10,16,21-24,29H,5-6,11-15,17-20H2,1-4H3,(H,34,36,37)/t21?,22?,23?,24-,39?/m0/s1. The number of aromatic nitrogens is 4. The number of hydrogen-bond acceptors (Lipinski definition) is 8. The van der Waals surface area contributed by atoms with E-state index < -0.39 is 6.43 Å². The van der Waals surface area contributed by atoms with Gasteiger partial charge in [0.05, 0.1) is 30.3 Å². The molecule has 230 valence electrons. The fourth-order valence-electron chi connectivity index (χ4n) is 6.34. The van der Waals surface area contributed by atoms with E-state index in [0.29, 0.717) is 59.8 Å². The van der Waals surface area contributed by atoms with Gasteiger partial charge in [0.25, 0.3) is 6.43 Å². The first kappa shape index (κ1) is 30.6. The van der Waals surface area contributed by atoms with Gasteiger partial charge in [0.1, 0.15) is 11.6 Å². The van der Waals surface area contributed by atoms with Crippen molar-refractivity contribution in [2.75, 3.05) is 56.8 Å². The number of nitrogens with zero attached hydrogens (tertiary/aromatic N) is 6. The van der Waals surface area contributed by atoms with Crippen LogP contribution >= 0.6 is 0 Å². The van der Waals surface area contributed by atoms with Crippen LogP contribution in [0.25, 0.3) is 16.9 Å². The Morgan fingerprint density at radius 1 is 1.07 bits per heavy atom. The summed E-state index contributed by atoms with van der Waals surface area (Å²) in [5.74, 6) is 1.73. The Morgan fingerprint density at radius 2 is 1.83 bits per heavy atom. The third-order valence-electron chi connectivity index (χ3n) is 8.55. The van der Waals surface area contributed by atoms with Gasteiger partial charge >= 0.3 is 0 Å². The minimum atomic E-state index is -2.74. The van der Waals surface area contributed by atoms with Crippen LogP contribution in [0.3, 0.4) is 0 Å². The molecule has 2 atom stereocenters. The zero-order chi connectivity index (χ0) is 29.6. The average molecular weight is 586 g/mol. The first-order chi connectivity index (χ1) is 20.4. The molecule has 1 saturated heterocycles. The van der Waals surface area contributed by atoms with Gasteiger partial charge in [-0.3, -0.25) is 9.47 Å². The predicted octanol–water partition coefficient (Wildman–Crippen LogP) is 5.70. The Kier molecular flexibility index (Phi) is 10.2. The molecular weight excluding hydrogens is 540 g/mol. The Hall–Kier alpha value is -2.89. The number of fused-ring (bicyclic) bond motifs is 1. The van der Waals surface area contributed by atoms with E-state index in [0.717, 1.165) is 58.3 Å². The van der Waals surface area contributed by atoms with Crippen molar-refractivity contribution >= 4 is 22.8 Å². The molecule has 42 heavy (non-hydrogen) atoms. The van der Waals surface area contributed by atoms with Crippen LogP contribution < -0.4 is 10.2 Å². The number of ether oxygens (including phenoxy) is 2. The van der Waals surface area contributed by atoms with Gasteiger partial charge in [-0.1, -0.05) is 26.0 Å². The van der Waals surface area contributed by atoms with Crippen LogP contribution in [0, 0.1) is 5.92 Å². The Balaban J connectivity index is 1.34. The summed E-state index contributed by atoms with van der Waals surface area (Å²) in [5, 5.41) is 3.47. The van der Waals surface area contributed by atoms with Crippen molar-refractivity contribution in [2.45, 2.75) is 77.4 Å². The van der Waals surface area contributed by atoms with Crippen LogP contribution in [0.1, 0.15) is 65.1 Å². The quantitative estimate of drug-likeness (QED) is 0.180. The van der Waals surface area contributed by atoms with E-state index in [1.54, 1.807) is 31.4 Å². The second-order valence-electron chi connectivity index (χ2n) is 11.6.